The van der Waals surface area contributed by atoms with Gasteiger partial charge in [0.15, 0.2) is 73.8 Å². The van der Waals surface area contributed by atoms with Crippen LogP contribution in [0.5, 0.6) is 121 Å². The molecule has 0 bridgehead atoms. The van der Waals surface area contributed by atoms with E-state index in [0.717, 1.165) is 82.5 Å². The number of aliphatic hydroxyl groups is 8. The monoisotopic (exact) mass is 2000 g/mol. The molecule has 0 aliphatic carbocycles. The number of fused-ring (bicyclic) bond motifs is 6. The van der Waals surface area contributed by atoms with Crippen LogP contribution >= 0.6 is 0 Å². The molecule has 146 heavy (non-hydrogen) atoms. The molecule has 2 saturated heterocycles. The second-order valence-corrected chi connectivity index (χ2v) is 32.7. The van der Waals surface area contributed by atoms with E-state index in [4.69, 9.17) is 59.7 Å². The molecule has 12 aromatic carbocycles. The molecule has 8 heterocycles. The number of rotatable bonds is 15. The summed E-state index contributed by atoms with van der Waals surface area (Å²) in [6.45, 7) is 0.306. The maximum atomic E-state index is 12.7. The summed E-state index contributed by atoms with van der Waals surface area (Å²) >= 11 is 0. The molecular weight excluding hydrogens is 1910 g/mol. The first kappa shape index (κ1) is 102. The van der Waals surface area contributed by atoms with Crippen LogP contribution in [0.1, 0.15) is 12.5 Å². The molecule has 40 nitrogen and oxygen atoms in total. The molecule has 0 radical (unpaired) electrons. The zero-order valence-corrected chi connectivity index (χ0v) is 76.6. The normalized spacial score (nSPS) is 17.3. The number of aliphatic hydroxyl groups excluding tert-OH is 8. The van der Waals surface area contributed by atoms with Crippen molar-refractivity contribution in [1.29, 1.82) is 0 Å². The van der Waals surface area contributed by atoms with Gasteiger partial charge in [-0.1, -0.05) is 72.8 Å². The summed E-state index contributed by atoms with van der Waals surface area (Å²) in [6.07, 6.45) is -14.6. The van der Waals surface area contributed by atoms with Gasteiger partial charge in [-0.05, 0) is 67.6 Å². The van der Waals surface area contributed by atoms with Gasteiger partial charge >= 0.3 is 34.0 Å². The number of ether oxygens (including phenoxy) is 7. The van der Waals surface area contributed by atoms with Crippen molar-refractivity contribution >= 4 is 65.8 Å². The Morgan fingerprint density at radius 2 is 0.774 bits per heavy atom. The molecule has 2 aliphatic heterocycles. The van der Waals surface area contributed by atoms with E-state index >= 15 is 0 Å². The van der Waals surface area contributed by atoms with Crippen molar-refractivity contribution in [3.8, 4) is 189 Å². The molecule has 0 amide bonds. The molecule has 40 heteroatoms. The number of hydrogen-bond donors (Lipinski definition) is 24. The Balaban J connectivity index is 0.000000134. The average molecular weight is 2000 g/mol. The Hall–Kier alpha value is -18.1. The van der Waals surface area contributed by atoms with Crippen LogP contribution in [0.25, 0.3) is 134 Å². The SMILES string of the molecule is COc1cc(-c2cc(=O)c3c(O)cc(O)cc3o2)cc(OC)c1O.COc1cc(-c2cc(=O)c3c(O)cc(O[C@@H]4OC(C)[C@@H](O)[C@H](O)C4O)cc3o2)cc(CO)c1O.O=c1cc(-c2ccccc2)oc2ccccc12.OCC1O[C@H](Oc2cc3c(O)cc(O)cc3[o+]c2-c2cc(O)c(O)c(O)c2)C(O)[C@@H](O)[C@@H]1O.Oc1cc(O)c2cc(O)c(-c3cc(O)c(O)c(O)c3)[o+]c2c1.c1ccc(-c2ccc3ccccc3[o+]2)cc1. The molecule has 18 aromatic rings. The van der Waals surface area contributed by atoms with Gasteiger partial charge < -0.3 is 169 Å². The Labute approximate surface area is 820 Å². The Kier molecular flexibility index (Phi) is 30.5. The third-order valence-electron chi connectivity index (χ3n) is 22.9. The first-order chi connectivity index (χ1) is 69.8. The minimum Gasteiger partial charge on any atom is -0.508 e. The summed E-state index contributed by atoms with van der Waals surface area (Å²) in [5, 5.41) is 238. The van der Waals surface area contributed by atoms with Crippen LogP contribution in [0.3, 0.4) is 0 Å². The zero-order valence-electron chi connectivity index (χ0n) is 76.6. The predicted octanol–water partition coefficient (Wildman–Crippen LogP) is 13.7. The molecule has 6 aromatic heterocycles. The lowest BCUT2D eigenvalue weighted by Crippen LogP contribution is -2.60. The van der Waals surface area contributed by atoms with E-state index in [-0.39, 0.29) is 164 Å². The van der Waals surface area contributed by atoms with Gasteiger partial charge in [0.2, 0.25) is 29.8 Å². The summed E-state index contributed by atoms with van der Waals surface area (Å²) in [5.74, 6) is -5.66. The smallest absolute Gasteiger partial charge is 0.402 e. The molecule has 4 unspecified atom stereocenters. The van der Waals surface area contributed by atoms with Crippen molar-refractivity contribution in [3.05, 3.63) is 285 Å². The molecule has 2 fully saturated rings. The lowest BCUT2D eigenvalue weighted by Gasteiger charge is -2.39. The predicted molar refractivity (Wildman–Crippen MR) is 522 cm³/mol. The quantitative estimate of drug-likeness (QED) is 0.0335. The summed E-state index contributed by atoms with van der Waals surface area (Å²) in [4.78, 5) is 36.9. The summed E-state index contributed by atoms with van der Waals surface area (Å²) < 4.78 is 71.4. The zero-order chi connectivity index (χ0) is 105. The third kappa shape index (κ3) is 22.0. The van der Waals surface area contributed by atoms with E-state index < -0.39 is 131 Å². The lowest BCUT2D eigenvalue weighted by atomic mass is 9.99. The highest BCUT2D eigenvalue weighted by Crippen LogP contribution is 2.49. The molecule has 10 atom stereocenters. The number of phenols is 15. The topological polar surface area (TPSA) is 675 Å². The van der Waals surface area contributed by atoms with Gasteiger partial charge in [0.25, 0.3) is 0 Å². The molecule has 24 N–H and O–H groups in total. The van der Waals surface area contributed by atoms with Gasteiger partial charge in [-0.3, -0.25) is 14.4 Å². The summed E-state index contributed by atoms with van der Waals surface area (Å²) in [6, 6.07) is 64.8. The standard InChI is InChI=1S/C23H24O11.C21H20O12.C17H14O7.C15H10O7.C15H10O2.C15H11O/c1-9-19(27)21(29)22(30)23(32-9)33-12-5-13(25)18-14(26)7-15(34-16(18)6-12)10-3-11(8-24)20(28)17(4-10)31-2;22-6-15-17(28)18(29)19(30)21(33-15)32-14-5-9-10(24)3-8(23)4-13(9)31-20(14)7-1-11(25)16(27)12(26)2-7;1-22-14-3-8(4-15(23-2)17(14)21)12-7-11(20)16-10(19)5-9(18)6-13(16)24-12;16-7-3-9(17)8-5-12(20)15(22-13(8)4-7)6-1-10(18)14(21)11(19)2-6;16-13-10-15(11-6-2-1-3-7-11)17-14-9-5-4-8-12(13)14;1-2-6-12(7-3-1)15-11-10-13-8-4-5-9-14(13)16-15/h3-7,9,19,21-25,27-30H,8H2,1-2H3;1-5,15,17-19,21-22,28-30H,6H2,(H4-,23,24,25,26,27);3-7,18-19,21H,1-2H3;1-5H,(H5-,16,17,18,19,20,21);1-10H;1-11H/q;;;;;+1/p+2/t9?,19-,21+,22?,23+;15?,17-,18+,19?,21+;;;;/m11..../s1. The number of phenolic OH excluding ortho intramolecular Hbond substituents is 14. The highest BCUT2D eigenvalue weighted by Gasteiger charge is 2.47. The van der Waals surface area contributed by atoms with Crippen LogP contribution in [0.4, 0.5) is 0 Å². The largest absolute Gasteiger partial charge is 0.508 e. The van der Waals surface area contributed by atoms with Gasteiger partial charge in [0.1, 0.15) is 144 Å². The number of benzene rings is 12. The van der Waals surface area contributed by atoms with Crippen molar-refractivity contribution in [1.82, 2.24) is 0 Å². The molecule has 20 rings (SSSR count). The molecule has 0 saturated carbocycles. The fourth-order valence-corrected chi connectivity index (χ4v) is 15.5. The van der Waals surface area contributed by atoms with Crippen LogP contribution < -0.4 is 40.0 Å². The Bertz CT molecular complexity index is 8000. The van der Waals surface area contributed by atoms with Gasteiger partial charge in [-0.25, -0.2) is 13.3 Å². The average Bonchev–Trinajstić information content (AvgIpc) is 0.758. The molecular formula is C106H91O40+3. The van der Waals surface area contributed by atoms with Crippen molar-refractivity contribution in [3.63, 3.8) is 0 Å². The highest BCUT2D eigenvalue weighted by atomic mass is 16.7. The van der Waals surface area contributed by atoms with E-state index in [1.165, 1.54) is 101 Å². The van der Waals surface area contributed by atoms with Crippen LogP contribution in [-0.2, 0) is 16.1 Å². The number of para-hydroxylation sites is 2. The Morgan fingerprint density at radius 3 is 1.34 bits per heavy atom. The fourth-order valence-electron chi connectivity index (χ4n) is 15.5. The maximum absolute atomic E-state index is 12.7. The molecule has 0 spiro atoms. The fraction of sp³-hybridized carbons (Fsp3) is 0.151. The first-order valence-electron chi connectivity index (χ1n) is 43.7. The van der Waals surface area contributed by atoms with Crippen LogP contribution in [-0.4, -0.2) is 212 Å². The van der Waals surface area contributed by atoms with Crippen molar-refractivity contribution in [2.45, 2.75) is 74.9 Å². The van der Waals surface area contributed by atoms with Gasteiger partial charge in [-0.15, -0.1) is 0 Å². The number of hydrogen-bond acceptors (Lipinski definition) is 37. The third-order valence-corrected chi connectivity index (χ3v) is 22.9. The van der Waals surface area contributed by atoms with Crippen LogP contribution in [0, 0.1) is 0 Å². The molecule has 2 aliphatic rings. The second-order valence-electron chi connectivity index (χ2n) is 32.7. The minimum absolute atomic E-state index is 0.00861. The summed E-state index contributed by atoms with van der Waals surface area (Å²) in [7, 11) is 4.09. The van der Waals surface area contributed by atoms with Crippen molar-refractivity contribution in [2.75, 3.05) is 27.9 Å². The van der Waals surface area contributed by atoms with E-state index in [0.29, 0.717) is 27.9 Å². The van der Waals surface area contributed by atoms with Gasteiger partial charge in [-0.2, -0.15) is 0 Å². The van der Waals surface area contributed by atoms with Crippen molar-refractivity contribution < 1.29 is 182 Å². The molecule has 752 valence electrons. The Morgan fingerprint density at radius 1 is 0.315 bits per heavy atom. The summed E-state index contributed by atoms with van der Waals surface area (Å²) in [5.41, 5.74) is 3.48. The van der Waals surface area contributed by atoms with Gasteiger partial charge in [0, 0.05) is 125 Å². The van der Waals surface area contributed by atoms with Gasteiger partial charge in [0.05, 0.1) is 80.2 Å². The second kappa shape index (κ2) is 43.6. The van der Waals surface area contributed by atoms with E-state index in [2.05, 4.69) is 6.07 Å². The van der Waals surface area contributed by atoms with E-state index in [1.807, 2.05) is 109 Å². The first-order valence-corrected chi connectivity index (χ1v) is 43.7. The number of methoxy groups -OCH3 is 3. The van der Waals surface area contributed by atoms with E-state index in [1.54, 1.807) is 6.07 Å². The van der Waals surface area contributed by atoms with E-state index in [9.17, 15) is 137 Å². The lowest BCUT2D eigenvalue weighted by molar-refractivity contribution is -0.277. The van der Waals surface area contributed by atoms with Crippen LogP contribution in [0.2, 0.25) is 0 Å². The van der Waals surface area contributed by atoms with Crippen molar-refractivity contribution in [2.24, 2.45) is 0 Å². The highest BCUT2D eigenvalue weighted by molar-refractivity contribution is 5.92. The maximum Gasteiger partial charge on any atom is 0.402 e. The minimum atomic E-state index is -1.76. The van der Waals surface area contributed by atoms with Crippen LogP contribution in [0.15, 0.2) is 290 Å². The number of aromatic hydroxyl groups is 16.